The van der Waals surface area contributed by atoms with E-state index < -0.39 is 0 Å². The molecule has 0 radical (unpaired) electrons. The third-order valence-electron chi connectivity index (χ3n) is 2.81. The summed E-state index contributed by atoms with van der Waals surface area (Å²) in [4.78, 5) is 22.0. The molecule has 0 N–H and O–H groups in total. The van der Waals surface area contributed by atoms with Gasteiger partial charge in [0, 0.05) is 18.3 Å². The zero-order valence-electron chi connectivity index (χ0n) is 7.72. The molecule has 3 nitrogen and oxygen atoms in total. The monoisotopic (exact) mass is 170 g/mol. The van der Waals surface area contributed by atoms with E-state index in [4.69, 9.17) is 0 Å². The number of hydrogen-bond acceptors (Lipinski definition) is 3. The summed E-state index contributed by atoms with van der Waals surface area (Å²) in [6, 6.07) is 0. The van der Waals surface area contributed by atoms with E-state index in [2.05, 4.69) is 4.74 Å². The Morgan fingerprint density at radius 3 is 2.58 bits per heavy atom. The lowest BCUT2D eigenvalue weighted by Gasteiger charge is -2.41. The number of esters is 1. The maximum absolute atomic E-state index is 11.1. The van der Waals surface area contributed by atoms with E-state index in [1.807, 2.05) is 13.8 Å². The summed E-state index contributed by atoms with van der Waals surface area (Å²) in [7, 11) is 1.37. The number of carbonyl (C=O) groups is 2. The minimum absolute atomic E-state index is 0.178. The zero-order valence-corrected chi connectivity index (χ0v) is 7.72. The Bertz CT molecular complexity index is 218. The lowest BCUT2D eigenvalue weighted by Crippen LogP contribution is -2.46. The molecule has 0 aromatic heterocycles. The fourth-order valence-corrected chi connectivity index (χ4v) is 1.45. The fraction of sp³-hybridized carbons (Fsp3) is 0.778. The molecule has 0 saturated heterocycles. The Balaban J connectivity index is 2.47. The Kier molecular flexibility index (Phi) is 2.22. The summed E-state index contributed by atoms with van der Waals surface area (Å²) in [5.41, 5.74) is -0.311. The maximum Gasteiger partial charge on any atom is 0.305 e. The number of rotatable bonds is 2. The van der Waals surface area contributed by atoms with Gasteiger partial charge in [-0.1, -0.05) is 13.8 Å². The summed E-state index contributed by atoms with van der Waals surface area (Å²) in [6.07, 6.45) is 0.900. The average Bonchev–Trinajstić information content (AvgIpc) is 2.03. The molecular formula is C9H14O3. The third kappa shape index (κ3) is 1.36. The summed E-state index contributed by atoms with van der Waals surface area (Å²) < 4.78 is 4.53. The normalized spacial score (nSPS) is 26.2. The van der Waals surface area contributed by atoms with E-state index in [1.54, 1.807) is 0 Å². The van der Waals surface area contributed by atoms with E-state index in [9.17, 15) is 9.59 Å². The number of carbonyl (C=O) groups excluding carboxylic acids is 2. The number of methoxy groups -OCH3 is 1. The van der Waals surface area contributed by atoms with Crippen LogP contribution in [0.4, 0.5) is 0 Å². The molecule has 0 aliphatic heterocycles. The van der Waals surface area contributed by atoms with Crippen molar-refractivity contribution >= 4 is 11.8 Å². The Hall–Kier alpha value is -0.860. The molecule has 12 heavy (non-hydrogen) atoms. The summed E-state index contributed by atoms with van der Waals surface area (Å²) >= 11 is 0. The first-order valence-electron chi connectivity index (χ1n) is 4.08. The summed E-state index contributed by atoms with van der Waals surface area (Å²) in [5.74, 6) is 0.203. The number of hydrogen-bond donors (Lipinski definition) is 0. The van der Waals surface area contributed by atoms with Gasteiger partial charge in [-0.3, -0.25) is 9.59 Å². The molecule has 1 unspecified atom stereocenters. The van der Waals surface area contributed by atoms with Crippen molar-refractivity contribution in [1.82, 2.24) is 0 Å². The predicted molar refractivity (Wildman–Crippen MR) is 43.5 cm³/mol. The van der Waals surface area contributed by atoms with E-state index in [-0.39, 0.29) is 23.1 Å². The quantitative estimate of drug-likeness (QED) is 0.584. The third-order valence-corrected chi connectivity index (χ3v) is 2.81. The van der Waals surface area contributed by atoms with Gasteiger partial charge in [0.2, 0.25) is 0 Å². The highest BCUT2D eigenvalue weighted by Gasteiger charge is 2.47. The van der Waals surface area contributed by atoms with Crippen molar-refractivity contribution in [3.8, 4) is 0 Å². The minimum atomic E-state index is -0.311. The molecule has 0 aromatic rings. The molecule has 1 fully saturated rings. The van der Waals surface area contributed by atoms with Crippen LogP contribution in [0.2, 0.25) is 0 Å². The van der Waals surface area contributed by atoms with Gasteiger partial charge in [-0.15, -0.1) is 0 Å². The SMILES string of the molecule is COC(=O)CC1CC(=O)C1(C)C. The first kappa shape index (κ1) is 9.23. The molecule has 1 atom stereocenters. The molecule has 1 rings (SSSR count). The first-order valence-corrected chi connectivity index (χ1v) is 4.08. The van der Waals surface area contributed by atoms with Crippen LogP contribution >= 0.6 is 0 Å². The molecule has 68 valence electrons. The van der Waals surface area contributed by atoms with Gasteiger partial charge in [-0.05, 0) is 5.92 Å². The van der Waals surface area contributed by atoms with E-state index >= 15 is 0 Å². The van der Waals surface area contributed by atoms with Crippen LogP contribution in [0.15, 0.2) is 0 Å². The largest absolute Gasteiger partial charge is 0.469 e. The number of ketones is 1. The highest BCUT2D eigenvalue weighted by Crippen LogP contribution is 2.44. The molecule has 0 heterocycles. The highest BCUT2D eigenvalue weighted by molar-refractivity contribution is 5.91. The van der Waals surface area contributed by atoms with Crippen molar-refractivity contribution < 1.29 is 14.3 Å². The van der Waals surface area contributed by atoms with Gasteiger partial charge >= 0.3 is 5.97 Å². The second kappa shape index (κ2) is 2.88. The predicted octanol–water partition coefficient (Wildman–Crippen LogP) is 1.16. The zero-order chi connectivity index (χ0) is 9.35. The average molecular weight is 170 g/mol. The topological polar surface area (TPSA) is 43.4 Å². The second-order valence-electron chi connectivity index (χ2n) is 3.83. The van der Waals surface area contributed by atoms with E-state index in [0.29, 0.717) is 12.8 Å². The lowest BCUT2D eigenvalue weighted by atomic mass is 9.60. The van der Waals surface area contributed by atoms with Crippen molar-refractivity contribution in [3.05, 3.63) is 0 Å². The standard InChI is InChI=1S/C9H14O3/c1-9(2)6(4-7(9)10)5-8(11)12-3/h6H,4-5H2,1-3H3. The number of ether oxygens (including phenoxy) is 1. The Labute approximate surface area is 72.1 Å². The van der Waals surface area contributed by atoms with Crippen LogP contribution in [-0.4, -0.2) is 18.9 Å². The number of Topliss-reactive ketones (excluding diaryl/α,β-unsaturated/α-hetero) is 1. The van der Waals surface area contributed by atoms with Crippen LogP contribution in [0, 0.1) is 11.3 Å². The van der Waals surface area contributed by atoms with Crippen LogP contribution in [-0.2, 0) is 14.3 Å². The fourth-order valence-electron chi connectivity index (χ4n) is 1.45. The minimum Gasteiger partial charge on any atom is -0.469 e. The van der Waals surface area contributed by atoms with Crippen LogP contribution in [0.25, 0.3) is 0 Å². The van der Waals surface area contributed by atoms with Crippen LogP contribution < -0.4 is 0 Å². The molecule has 0 amide bonds. The van der Waals surface area contributed by atoms with Crippen molar-refractivity contribution in [3.63, 3.8) is 0 Å². The van der Waals surface area contributed by atoms with Gasteiger partial charge in [-0.25, -0.2) is 0 Å². The van der Waals surface area contributed by atoms with Crippen molar-refractivity contribution in [2.24, 2.45) is 11.3 Å². The van der Waals surface area contributed by atoms with Crippen molar-refractivity contribution in [1.29, 1.82) is 0 Å². The van der Waals surface area contributed by atoms with Gasteiger partial charge in [0.05, 0.1) is 7.11 Å². The van der Waals surface area contributed by atoms with Crippen LogP contribution in [0.1, 0.15) is 26.7 Å². The van der Waals surface area contributed by atoms with Crippen LogP contribution in [0.5, 0.6) is 0 Å². The highest BCUT2D eigenvalue weighted by atomic mass is 16.5. The Morgan fingerprint density at radius 2 is 2.25 bits per heavy atom. The molecule has 3 heteroatoms. The van der Waals surface area contributed by atoms with Gasteiger partial charge < -0.3 is 4.74 Å². The smallest absolute Gasteiger partial charge is 0.305 e. The molecular weight excluding hydrogens is 156 g/mol. The Morgan fingerprint density at radius 1 is 1.67 bits per heavy atom. The van der Waals surface area contributed by atoms with E-state index in [1.165, 1.54) is 7.11 Å². The first-order chi connectivity index (χ1) is 5.48. The molecule has 1 saturated carbocycles. The lowest BCUT2D eigenvalue weighted by molar-refractivity contribution is -0.151. The maximum atomic E-state index is 11.1. The molecule has 0 bridgehead atoms. The summed E-state index contributed by atoms with van der Waals surface area (Å²) in [5, 5.41) is 0. The van der Waals surface area contributed by atoms with Crippen LogP contribution in [0.3, 0.4) is 0 Å². The summed E-state index contributed by atoms with van der Waals surface area (Å²) in [6.45, 7) is 3.76. The van der Waals surface area contributed by atoms with Crippen molar-refractivity contribution in [2.45, 2.75) is 26.7 Å². The van der Waals surface area contributed by atoms with Crippen molar-refractivity contribution in [2.75, 3.05) is 7.11 Å². The van der Waals surface area contributed by atoms with E-state index in [0.717, 1.165) is 0 Å². The van der Waals surface area contributed by atoms with Gasteiger partial charge in [0.15, 0.2) is 0 Å². The molecule has 0 aromatic carbocycles. The second-order valence-corrected chi connectivity index (χ2v) is 3.83. The van der Waals surface area contributed by atoms with Gasteiger partial charge in [0.25, 0.3) is 0 Å². The van der Waals surface area contributed by atoms with Gasteiger partial charge in [0.1, 0.15) is 5.78 Å². The molecule has 1 aliphatic rings. The molecule has 0 spiro atoms. The molecule has 1 aliphatic carbocycles. The van der Waals surface area contributed by atoms with Gasteiger partial charge in [-0.2, -0.15) is 0 Å².